The summed E-state index contributed by atoms with van der Waals surface area (Å²) >= 11 is 0. The predicted octanol–water partition coefficient (Wildman–Crippen LogP) is 2.53. The number of carbonyl (C=O) groups is 3. The van der Waals surface area contributed by atoms with E-state index in [0.717, 1.165) is 10.5 Å². The summed E-state index contributed by atoms with van der Waals surface area (Å²) in [7, 11) is 4.59. The van der Waals surface area contributed by atoms with Crippen LogP contribution in [-0.4, -0.2) is 61.9 Å². The van der Waals surface area contributed by atoms with Crippen LogP contribution in [0.4, 0.5) is 4.39 Å². The number of imide groups is 1. The third-order valence-corrected chi connectivity index (χ3v) is 5.76. The predicted molar refractivity (Wildman–Crippen MR) is 115 cm³/mol. The van der Waals surface area contributed by atoms with Crippen molar-refractivity contribution in [3.05, 3.63) is 65.5 Å². The lowest BCUT2D eigenvalue weighted by molar-refractivity contribution is -0.143. The van der Waals surface area contributed by atoms with E-state index in [1.54, 1.807) is 43.4 Å². The molecule has 0 spiro atoms. The van der Waals surface area contributed by atoms with E-state index in [0.29, 0.717) is 11.3 Å². The highest BCUT2D eigenvalue weighted by molar-refractivity contribution is 6.11. The zero-order valence-electron chi connectivity index (χ0n) is 18.5. The molecule has 0 aliphatic carbocycles. The smallest absolute Gasteiger partial charge is 0.241 e. The summed E-state index contributed by atoms with van der Waals surface area (Å²) in [4.78, 5) is 42.2. The highest BCUT2D eigenvalue weighted by Gasteiger charge is 2.55. The fourth-order valence-corrected chi connectivity index (χ4v) is 4.04. The van der Waals surface area contributed by atoms with Crippen molar-refractivity contribution >= 4 is 17.7 Å². The van der Waals surface area contributed by atoms with Crippen LogP contribution in [0.5, 0.6) is 5.75 Å². The number of hydrogen-bond donors (Lipinski definition) is 0. The van der Waals surface area contributed by atoms with Crippen molar-refractivity contribution in [2.24, 2.45) is 0 Å². The van der Waals surface area contributed by atoms with Gasteiger partial charge in [-0.1, -0.05) is 30.3 Å². The fraction of sp³-hybridized carbons (Fsp3) is 0.375. The second kappa shape index (κ2) is 9.91. The van der Waals surface area contributed by atoms with Gasteiger partial charge in [-0.2, -0.15) is 0 Å². The average molecular weight is 442 g/mol. The minimum atomic E-state index is -1.37. The topological polar surface area (TPSA) is 76.2 Å². The van der Waals surface area contributed by atoms with Gasteiger partial charge >= 0.3 is 0 Å². The van der Waals surface area contributed by atoms with E-state index in [2.05, 4.69) is 0 Å². The van der Waals surface area contributed by atoms with Crippen LogP contribution in [0.3, 0.4) is 0 Å². The molecule has 170 valence electrons. The van der Waals surface area contributed by atoms with Gasteiger partial charge in [0.2, 0.25) is 17.7 Å². The highest BCUT2D eigenvalue weighted by Crippen LogP contribution is 2.44. The molecule has 2 aromatic rings. The van der Waals surface area contributed by atoms with E-state index in [4.69, 9.17) is 9.47 Å². The molecule has 0 bridgehead atoms. The number of halogens is 1. The first-order valence-corrected chi connectivity index (χ1v) is 10.3. The summed E-state index contributed by atoms with van der Waals surface area (Å²) in [5.74, 6) is -1.02. The van der Waals surface area contributed by atoms with Gasteiger partial charge in [-0.15, -0.1) is 0 Å². The Labute approximate surface area is 186 Å². The zero-order valence-corrected chi connectivity index (χ0v) is 18.5. The number of amides is 3. The summed E-state index contributed by atoms with van der Waals surface area (Å²) in [5, 5.41) is 0. The molecule has 0 unspecified atom stereocenters. The first-order valence-electron chi connectivity index (χ1n) is 10.3. The minimum Gasteiger partial charge on any atom is -0.496 e. The molecular weight excluding hydrogens is 415 g/mol. The van der Waals surface area contributed by atoms with Gasteiger partial charge in [-0.25, -0.2) is 4.39 Å². The Kier molecular flexibility index (Phi) is 7.25. The van der Waals surface area contributed by atoms with Crippen LogP contribution in [-0.2, 0) is 31.1 Å². The van der Waals surface area contributed by atoms with Crippen LogP contribution in [0.25, 0.3) is 0 Å². The average Bonchev–Trinajstić information content (AvgIpc) is 3.03. The summed E-state index contributed by atoms with van der Waals surface area (Å²) in [6.07, 6.45) is -0.328. The summed E-state index contributed by atoms with van der Waals surface area (Å²) < 4.78 is 23.7. The molecule has 1 saturated heterocycles. The van der Waals surface area contributed by atoms with E-state index in [1.165, 1.54) is 31.3 Å². The SMILES string of the molecule is COCCN1C(=O)C[C@](CC(=O)N(C)Cc2ccc(F)cc2)(c2ccccc2OC)C1=O. The van der Waals surface area contributed by atoms with E-state index in [-0.39, 0.29) is 50.2 Å². The molecule has 3 rings (SSSR count). The van der Waals surface area contributed by atoms with Gasteiger partial charge in [-0.05, 0) is 23.8 Å². The molecule has 7 nitrogen and oxygen atoms in total. The van der Waals surface area contributed by atoms with Gasteiger partial charge < -0.3 is 14.4 Å². The molecule has 1 heterocycles. The molecule has 1 aliphatic rings. The Morgan fingerprint density at radius 1 is 1.12 bits per heavy atom. The van der Waals surface area contributed by atoms with Crippen molar-refractivity contribution in [3.63, 3.8) is 0 Å². The van der Waals surface area contributed by atoms with Gasteiger partial charge in [0.25, 0.3) is 0 Å². The lowest BCUT2D eigenvalue weighted by Crippen LogP contribution is -2.43. The third kappa shape index (κ3) is 4.65. The second-order valence-corrected chi connectivity index (χ2v) is 7.86. The number of para-hydroxylation sites is 1. The van der Waals surface area contributed by atoms with Crippen molar-refractivity contribution in [2.75, 3.05) is 34.4 Å². The molecule has 3 amide bonds. The third-order valence-electron chi connectivity index (χ3n) is 5.76. The van der Waals surface area contributed by atoms with Crippen molar-refractivity contribution in [1.29, 1.82) is 0 Å². The molecule has 0 saturated carbocycles. The van der Waals surface area contributed by atoms with Gasteiger partial charge in [0.15, 0.2) is 0 Å². The molecule has 2 aromatic carbocycles. The van der Waals surface area contributed by atoms with Gasteiger partial charge in [-0.3, -0.25) is 19.3 Å². The molecule has 8 heteroatoms. The number of carbonyl (C=O) groups excluding carboxylic acids is 3. The monoisotopic (exact) mass is 442 g/mol. The molecule has 1 fully saturated rings. The van der Waals surface area contributed by atoms with Crippen molar-refractivity contribution in [1.82, 2.24) is 9.80 Å². The number of benzene rings is 2. The Morgan fingerprint density at radius 3 is 2.47 bits per heavy atom. The maximum Gasteiger partial charge on any atom is 0.241 e. The Bertz CT molecular complexity index is 994. The summed E-state index contributed by atoms with van der Waals surface area (Å²) in [5.41, 5.74) is -0.112. The van der Waals surface area contributed by atoms with Crippen LogP contribution in [0.1, 0.15) is 24.0 Å². The van der Waals surface area contributed by atoms with E-state index in [9.17, 15) is 18.8 Å². The lowest BCUT2D eigenvalue weighted by Gasteiger charge is -2.30. The molecule has 1 aliphatic heterocycles. The quantitative estimate of drug-likeness (QED) is 0.558. The largest absolute Gasteiger partial charge is 0.496 e. The summed E-state index contributed by atoms with van der Waals surface area (Å²) in [6.45, 7) is 0.569. The maximum atomic E-state index is 13.5. The van der Waals surface area contributed by atoms with E-state index < -0.39 is 11.3 Å². The lowest BCUT2D eigenvalue weighted by atomic mass is 9.75. The van der Waals surface area contributed by atoms with Gasteiger partial charge in [0.1, 0.15) is 11.6 Å². The Morgan fingerprint density at radius 2 is 1.81 bits per heavy atom. The Balaban J connectivity index is 1.93. The number of hydrogen-bond acceptors (Lipinski definition) is 5. The molecular formula is C24H27FN2O5. The van der Waals surface area contributed by atoms with Crippen LogP contribution in [0.15, 0.2) is 48.5 Å². The number of nitrogens with zero attached hydrogens (tertiary/aromatic N) is 2. The number of ether oxygens (including phenoxy) is 2. The van der Waals surface area contributed by atoms with Crippen LogP contribution in [0.2, 0.25) is 0 Å². The molecule has 1 atom stereocenters. The van der Waals surface area contributed by atoms with Crippen LogP contribution < -0.4 is 4.74 Å². The van der Waals surface area contributed by atoms with E-state index in [1.807, 2.05) is 0 Å². The molecule has 0 aromatic heterocycles. The van der Waals surface area contributed by atoms with Crippen molar-refractivity contribution < 1.29 is 28.2 Å². The van der Waals surface area contributed by atoms with Crippen LogP contribution >= 0.6 is 0 Å². The molecule has 0 N–H and O–H groups in total. The van der Waals surface area contributed by atoms with Crippen molar-refractivity contribution in [3.8, 4) is 5.75 Å². The fourth-order valence-electron chi connectivity index (χ4n) is 4.04. The molecule has 32 heavy (non-hydrogen) atoms. The van der Waals surface area contributed by atoms with E-state index >= 15 is 0 Å². The number of rotatable bonds is 9. The zero-order chi connectivity index (χ0) is 23.3. The van der Waals surface area contributed by atoms with Crippen molar-refractivity contribution in [2.45, 2.75) is 24.8 Å². The first kappa shape index (κ1) is 23.4. The summed E-state index contributed by atoms with van der Waals surface area (Å²) in [6, 6.07) is 12.8. The minimum absolute atomic E-state index is 0.116. The number of likely N-dealkylation sites (tertiary alicyclic amines) is 1. The number of methoxy groups -OCH3 is 2. The second-order valence-electron chi connectivity index (χ2n) is 7.86. The van der Waals surface area contributed by atoms with Gasteiger partial charge in [0.05, 0.1) is 25.7 Å². The Hall–Kier alpha value is -3.26. The first-order chi connectivity index (χ1) is 15.3. The van der Waals surface area contributed by atoms with Crippen LogP contribution in [0, 0.1) is 5.82 Å². The normalized spacial score (nSPS) is 18.2. The van der Waals surface area contributed by atoms with Gasteiger partial charge in [0, 0.05) is 39.1 Å². The maximum absolute atomic E-state index is 13.5. The molecule has 0 radical (unpaired) electrons. The highest BCUT2D eigenvalue weighted by atomic mass is 19.1. The standard InChI is InChI=1S/C24H27FN2O5/c1-26(16-17-8-10-18(25)11-9-17)21(28)14-24(19-6-4-5-7-20(19)32-3)15-22(29)27(23(24)30)12-13-31-2/h4-11H,12-16H2,1-3H3/t24-/m1/s1.